The maximum atomic E-state index is 11.6. The number of carbonyl (C=O) groups is 1. The molecule has 0 amide bonds. The number of hydrogen-bond acceptors (Lipinski definition) is 5. The molecule has 1 fully saturated rings. The molecular formula is C14H18N4O2S. The highest BCUT2D eigenvalue weighted by atomic mass is 32.2. The van der Waals surface area contributed by atoms with Crippen molar-refractivity contribution < 1.29 is 9.90 Å². The summed E-state index contributed by atoms with van der Waals surface area (Å²) in [4.78, 5) is 18.1. The highest BCUT2D eigenvalue weighted by Gasteiger charge is 2.28. The number of nitrogens with zero attached hydrogens (tertiary/aromatic N) is 4. The quantitative estimate of drug-likeness (QED) is 0.914. The molecule has 0 spiro atoms. The van der Waals surface area contributed by atoms with Gasteiger partial charge in [0.05, 0.1) is 16.8 Å². The maximum Gasteiger partial charge on any atom is 0.339 e. The first-order valence-electron chi connectivity index (χ1n) is 6.90. The van der Waals surface area contributed by atoms with Gasteiger partial charge in [-0.25, -0.2) is 9.78 Å². The Hall–Kier alpha value is -1.76. The summed E-state index contributed by atoms with van der Waals surface area (Å²) in [6, 6.07) is 0.298. The van der Waals surface area contributed by atoms with Gasteiger partial charge in [0.25, 0.3) is 0 Å². The molecule has 0 aromatic carbocycles. The first kappa shape index (κ1) is 14.2. The van der Waals surface area contributed by atoms with Gasteiger partial charge in [-0.05, 0) is 13.8 Å². The van der Waals surface area contributed by atoms with Gasteiger partial charge in [0.1, 0.15) is 5.56 Å². The number of aromatic carboxylic acids is 1. The van der Waals surface area contributed by atoms with Gasteiger partial charge in [0.15, 0.2) is 5.65 Å². The van der Waals surface area contributed by atoms with Gasteiger partial charge in [0, 0.05) is 37.3 Å². The van der Waals surface area contributed by atoms with E-state index in [9.17, 15) is 9.90 Å². The number of carboxylic acid groups (broad SMARTS) is 1. The van der Waals surface area contributed by atoms with Gasteiger partial charge < -0.3 is 10.0 Å². The number of aryl methyl sites for hydroxylation is 2. The van der Waals surface area contributed by atoms with E-state index in [1.54, 1.807) is 4.68 Å². The summed E-state index contributed by atoms with van der Waals surface area (Å²) in [5.74, 6) is 1.07. The number of aromatic nitrogens is 3. The van der Waals surface area contributed by atoms with Crippen LogP contribution >= 0.6 is 11.8 Å². The average Bonchev–Trinajstić information content (AvgIpc) is 2.74. The molecule has 0 saturated carbocycles. The molecular weight excluding hydrogens is 288 g/mol. The Morgan fingerprint density at radius 1 is 1.52 bits per heavy atom. The second-order valence-electron chi connectivity index (χ2n) is 5.35. The fraction of sp³-hybridized carbons (Fsp3) is 0.500. The van der Waals surface area contributed by atoms with Crippen LogP contribution in [-0.2, 0) is 7.05 Å². The number of thioether (sulfide) groups is 1. The third kappa shape index (κ3) is 2.25. The molecule has 0 radical (unpaired) electrons. The molecule has 1 saturated heterocycles. The van der Waals surface area contributed by atoms with Gasteiger partial charge in [0.2, 0.25) is 0 Å². The van der Waals surface area contributed by atoms with E-state index in [0.29, 0.717) is 6.04 Å². The Kier molecular flexibility index (Phi) is 3.52. The van der Waals surface area contributed by atoms with Crippen molar-refractivity contribution in [3.8, 4) is 0 Å². The normalized spacial score (nSPS) is 19.2. The lowest BCUT2D eigenvalue weighted by Crippen LogP contribution is -2.41. The zero-order chi connectivity index (χ0) is 15.1. The minimum atomic E-state index is -0.937. The van der Waals surface area contributed by atoms with Crippen LogP contribution in [0.5, 0.6) is 0 Å². The van der Waals surface area contributed by atoms with E-state index in [1.165, 1.54) is 6.20 Å². The van der Waals surface area contributed by atoms with Crippen molar-refractivity contribution in [1.29, 1.82) is 0 Å². The summed E-state index contributed by atoms with van der Waals surface area (Å²) in [6.07, 6.45) is 1.45. The predicted octanol–water partition coefficient (Wildman–Crippen LogP) is 1.92. The molecule has 1 aliphatic rings. The van der Waals surface area contributed by atoms with Crippen molar-refractivity contribution in [2.45, 2.75) is 19.9 Å². The molecule has 1 atom stereocenters. The summed E-state index contributed by atoms with van der Waals surface area (Å²) in [5.41, 5.74) is 2.59. The number of anilines is 1. The minimum absolute atomic E-state index is 0.261. The first-order chi connectivity index (χ1) is 10.0. The summed E-state index contributed by atoms with van der Waals surface area (Å²) < 4.78 is 1.71. The van der Waals surface area contributed by atoms with Crippen LogP contribution in [0.2, 0.25) is 0 Å². The lowest BCUT2D eigenvalue weighted by atomic mass is 10.1. The highest BCUT2D eigenvalue weighted by Crippen LogP contribution is 2.35. The monoisotopic (exact) mass is 306 g/mol. The lowest BCUT2D eigenvalue weighted by molar-refractivity contribution is 0.0697. The molecule has 2 aromatic rings. The van der Waals surface area contributed by atoms with Crippen LogP contribution < -0.4 is 4.90 Å². The third-order valence-electron chi connectivity index (χ3n) is 3.89. The standard InChI is InChI=1S/C14H18N4O2S/c1-8-7-21-5-4-18(8)12-10(14(19)20)6-15-13-11(12)9(2)16-17(13)3/h6,8H,4-5,7H2,1-3H3,(H,19,20). The van der Waals surface area contributed by atoms with E-state index in [1.807, 2.05) is 25.7 Å². The zero-order valence-electron chi connectivity index (χ0n) is 12.3. The summed E-state index contributed by atoms with van der Waals surface area (Å²) in [6.45, 7) is 4.89. The van der Waals surface area contributed by atoms with Crippen molar-refractivity contribution in [3.63, 3.8) is 0 Å². The van der Waals surface area contributed by atoms with E-state index < -0.39 is 5.97 Å². The van der Waals surface area contributed by atoms with Crippen molar-refractivity contribution >= 4 is 34.5 Å². The molecule has 7 heteroatoms. The van der Waals surface area contributed by atoms with Gasteiger partial charge in [-0.1, -0.05) is 0 Å². The predicted molar refractivity (Wildman–Crippen MR) is 84.3 cm³/mol. The summed E-state index contributed by atoms with van der Waals surface area (Å²) in [7, 11) is 1.84. The fourth-order valence-electron chi connectivity index (χ4n) is 2.91. The topological polar surface area (TPSA) is 71.2 Å². The third-order valence-corrected chi connectivity index (χ3v) is 5.07. The molecule has 0 bridgehead atoms. The van der Waals surface area contributed by atoms with E-state index in [-0.39, 0.29) is 5.56 Å². The number of carboxylic acids is 1. The second-order valence-corrected chi connectivity index (χ2v) is 6.50. The van der Waals surface area contributed by atoms with Gasteiger partial charge in [-0.3, -0.25) is 4.68 Å². The Morgan fingerprint density at radius 3 is 2.95 bits per heavy atom. The second kappa shape index (κ2) is 5.22. The Labute approximate surface area is 127 Å². The smallest absolute Gasteiger partial charge is 0.339 e. The van der Waals surface area contributed by atoms with Gasteiger partial charge in [-0.2, -0.15) is 16.9 Å². The zero-order valence-corrected chi connectivity index (χ0v) is 13.1. The molecule has 1 N–H and O–H groups in total. The van der Waals surface area contributed by atoms with Crippen LogP contribution in [0.25, 0.3) is 11.0 Å². The van der Waals surface area contributed by atoms with Crippen LogP contribution in [0.15, 0.2) is 6.20 Å². The van der Waals surface area contributed by atoms with Crippen LogP contribution in [-0.4, -0.2) is 49.9 Å². The van der Waals surface area contributed by atoms with E-state index >= 15 is 0 Å². The largest absolute Gasteiger partial charge is 0.478 e. The SMILES string of the molecule is Cc1nn(C)c2ncc(C(=O)O)c(N3CCSCC3C)c12. The highest BCUT2D eigenvalue weighted by molar-refractivity contribution is 7.99. The van der Waals surface area contributed by atoms with Gasteiger partial charge >= 0.3 is 5.97 Å². The van der Waals surface area contributed by atoms with Crippen LogP contribution in [0.4, 0.5) is 5.69 Å². The maximum absolute atomic E-state index is 11.6. The molecule has 3 heterocycles. The molecule has 0 aliphatic carbocycles. The van der Waals surface area contributed by atoms with E-state index in [0.717, 1.165) is 40.5 Å². The molecule has 2 aromatic heterocycles. The Morgan fingerprint density at radius 2 is 2.29 bits per heavy atom. The molecule has 1 unspecified atom stereocenters. The number of pyridine rings is 1. The Balaban J connectivity index is 2.30. The molecule has 1 aliphatic heterocycles. The molecule has 112 valence electrons. The van der Waals surface area contributed by atoms with Crippen LogP contribution in [0.1, 0.15) is 23.0 Å². The fourth-order valence-corrected chi connectivity index (χ4v) is 3.92. The van der Waals surface area contributed by atoms with E-state index in [2.05, 4.69) is 21.9 Å². The van der Waals surface area contributed by atoms with Crippen molar-refractivity contribution in [1.82, 2.24) is 14.8 Å². The van der Waals surface area contributed by atoms with E-state index in [4.69, 9.17) is 0 Å². The molecule has 3 rings (SSSR count). The van der Waals surface area contributed by atoms with Crippen LogP contribution in [0.3, 0.4) is 0 Å². The summed E-state index contributed by atoms with van der Waals surface area (Å²) in [5, 5.41) is 14.8. The number of fused-ring (bicyclic) bond motifs is 1. The molecule has 21 heavy (non-hydrogen) atoms. The Bertz CT molecular complexity index is 713. The van der Waals surface area contributed by atoms with Gasteiger partial charge in [-0.15, -0.1) is 0 Å². The number of rotatable bonds is 2. The van der Waals surface area contributed by atoms with Crippen molar-refractivity contribution in [3.05, 3.63) is 17.5 Å². The molecule has 6 nitrogen and oxygen atoms in total. The van der Waals surface area contributed by atoms with Crippen molar-refractivity contribution in [2.24, 2.45) is 7.05 Å². The van der Waals surface area contributed by atoms with Crippen molar-refractivity contribution in [2.75, 3.05) is 23.0 Å². The minimum Gasteiger partial charge on any atom is -0.478 e. The average molecular weight is 306 g/mol. The van der Waals surface area contributed by atoms with Crippen LogP contribution in [0, 0.1) is 6.92 Å². The number of hydrogen-bond donors (Lipinski definition) is 1. The first-order valence-corrected chi connectivity index (χ1v) is 8.06. The lowest BCUT2D eigenvalue weighted by Gasteiger charge is -2.36. The summed E-state index contributed by atoms with van der Waals surface area (Å²) >= 11 is 1.90.